The molecule has 1 aromatic rings. The number of rotatable bonds is 9. The molecule has 0 radical (unpaired) electrons. The van der Waals surface area contributed by atoms with Crippen molar-refractivity contribution in [3.63, 3.8) is 0 Å². The van der Waals surface area contributed by atoms with Gasteiger partial charge in [0.15, 0.2) is 11.6 Å². The van der Waals surface area contributed by atoms with Gasteiger partial charge in [-0.15, -0.1) is 0 Å². The molecule has 4 heteroatoms. The number of unbranched alkanes of at least 4 members (excludes halogenated alkanes) is 6. The van der Waals surface area contributed by atoms with Crippen molar-refractivity contribution in [3.8, 4) is 0 Å². The van der Waals surface area contributed by atoms with Gasteiger partial charge >= 0.3 is 0 Å². The summed E-state index contributed by atoms with van der Waals surface area (Å²) in [7, 11) is 0. The zero-order valence-electron chi connectivity index (χ0n) is 10.6. The van der Waals surface area contributed by atoms with Crippen molar-refractivity contribution in [2.24, 2.45) is 0 Å². The number of nitrogens with zero attached hydrogens (tertiary/aromatic N) is 3. The monoisotopic (exact) mass is 235 g/mol. The Labute approximate surface area is 103 Å². The quantitative estimate of drug-likeness (QED) is 0.487. The summed E-state index contributed by atoms with van der Waals surface area (Å²) >= 11 is 0. The van der Waals surface area contributed by atoms with E-state index in [0.29, 0.717) is 12.2 Å². The van der Waals surface area contributed by atoms with E-state index in [1.165, 1.54) is 44.8 Å². The van der Waals surface area contributed by atoms with Gasteiger partial charge in [-0.1, -0.05) is 45.4 Å². The molecular formula is C13H21N3O. The number of Topliss-reactive ketones (excluding diaryl/α,β-unsaturated/α-hetero) is 1. The molecule has 0 atom stereocenters. The average Bonchev–Trinajstić information content (AvgIpc) is 2.38. The van der Waals surface area contributed by atoms with Crippen molar-refractivity contribution in [3.05, 3.63) is 18.5 Å². The Balaban J connectivity index is 2.05. The van der Waals surface area contributed by atoms with E-state index < -0.39 is 0 Å². The lowest BCUT2D eigenvalue weighted by atomic mass is 10.1. The predicted molar refractivity (Wildman–Crippen MR) is 66.8 cm³/mol. The summed E-state index contributed by atoms with van der Waals surface area (Å²) in [6.45, 7) is 2.22. The van der Waals surface area contributed by atoms with Crippen LogP contribution in [0.5, 0.6) is 0 Å². The molecule has 0 aromatic carbocycles. The lowest BCUT2D eigenvalue weighted by Crippen LogP contribution is -2.05. The van der Waals surface area contributed by atoms with E-state index in [2.05, 4.69) is 21.9 Å². The first kappa shape index (κ1) is 13.7. The number of carbonyl (C=O) groups is 1. The predicted octanol–water partition coefficient (Wildman–Crippen LogP) is 3.20. The molecule has 0 unspecified atom stereocenters. The van der Waals surface area contributed by atoms with Gasteiger partial charge in [0.2, 0.25) is 0 Å². The van der Waals surface area contributed by atoms with Crippen LogP contribution in [-0.4, -0.2) is 20.7 Å². The fourth-order valence-corrected chi connectivity index (χ4v) is 1.74. The molecule has 0 N–H and O–H groups in total. The molecule has 1 rings (SSSR count). The van der Waals surface area contributed by atoms with Crippen LogP contribution < -0.4 is 0 Å². The third kappa shape index (κ3) is 6.09. The average molecular weight is 235 g/mol. The minimum absolute atomic E-state index is 0.0287. The molecule has 0 amide bonds. The smallest absolute Gasteiger partial charge is 0.200 e. The third-order valence-electron chi connectivity index (χ3n) is 2.75. The van der Waals surface area contributed by atoms with Crippen LogP contribution in [0, 0.1) is 0 Å². The summed E-state index contributed by atoms with van der Waals surface area (Å²) < 4.78 is 0. The van der Waals surface area contributed by atoms with E-state index in [1.54, 1.807) is 0 Å². The summed E-state index contributed by atoms with van der Waals surface area (Å²) in [4.78, 5) is 23.0. The van der Waals surface area contributed by atoms with Gasteiger partial charge in [-0.25, -0.2) is 15.0 Å². The first-order chi connectivity index (χ1) is 8.34. The van der Waals surface area contributed by atoms with Gasteiger partial charge in [-0.2, -0.15) is 0 Å². The highest BCUT2D eigenvalue weighted by molar-refractivity contribution is 5.92. The first-order valence-corrected chi connectivity index (χ1v) is 6.49. The van der Waals surface area contributed by atoms with E-state index in [1.807, 2.05) is 0 Å². The number of carbonyl (C=O) groups excluding carboxylic acids is 1. The molecule has 0 saturated heterocycles. The molecule has 17 heavy (non-hydrogen) atoms. The third-order valence-corrected chi connectivity index (χ3v) is 2.75. The molecular weight excluding hydrogens is 214 g/mol. The van der Waals surface area contributed by atoms with E-state index in [0.717, 1.165) is 12.8 Å². The van der Waals surface area contributed by atoms with Crippen LogP contribution in [0.15, 0.2) is 12.7 Å². The summed E-state index contributed by atoms with van der Waals surface area (Å²) in [6.07, 6.45) is 11.8. The van der Waals surface area contributed by atoms with Crippen molar-refractivity contribution >= 4 is 5.78 Å². The molecule has 0 aliphatic heterocycles. The second-order valence-electron chi connectivity index (χ2n) is 4.26. The Bertz CT molecular complexity index is 314. The topological polar surface area (TPSA) is 55.7 Å². The first-order valence-electron chi connectivity index (χ1n) is 6.49. The lowest BCUT2D eigenvalue weighted by molar-refractivity contribution is 0.0968. The molecule has 0 aliphatic rings. The maximum absolute atomic E-state index is 11.6. The zero-order chi connectivity index (χ0) is 12.3. The Morgan fingerprint density at radius 2 is 1.59 bits per heavy atom. The maximum atomic E-state index is 11.6. The van der Waals surface area contributed by atoms with E-state index in [9.17, 15) is 4.79 Å². The normalized spacial score (nSPS) is 10.4. The summed E-state index contributed by atoms with van der Waals surface area (Å²) in [5.41, 5.74) is 0. The zero-order valence-corrected chi connectivity index (χ0v) is 10.6. The molecule has 0 fully saturated rings. The van der Waals surface area contributed by atoms with Gasteiger partial charge in [0.1, 0.15) is 12.7 Å². The van der Waals surface area contributed by atoms with Crippen LogP contribution in [0.1, 0.15) is 68.9 Å². The Morgan fingerprint density at radius 3 is 2.24 bits per heavy atom. The van der Waals surface area contributed by atoms with Crippen LogP contribution in [0.25, 0.3) is 0 Å². The highest BCUT2D eigenvalue weighted by Crippen LogP contribution is 2.09. The molecule has 0 bridgehead atoms. The van der Waals surface area contributed by atoms with Crippen LogP contribution >= 0.6 is 0 Å². The molecule has 4 nitrogen and oxygen atoms in total. The molecule has 0 saturated carbocycles. The van der Waals surface area contributed by atoms with Gasteiger partial charge < -0.3 is 0 Å². The van der Waals surface area contributed by atoms with Crippen molar-refractivity contribution in [1.29, 1.82) is 0 Å². The Hall–Kier alpha value is -1.32. The lowest BCUT2D eigenvalue weighted by Gasteiger charge is -2.00. The van der Waals surface area contributed by atoms with Crippen molar-refractivity contribution in [1.82, 2.24) is 15.0 Å². The molecule has 0 aliphatic carbocycles. The summed E-state index contributed by atoms with van der Waals surface area (Å²) in [6, 6.07) is 0. The van der Waals surface area contributed by atoms with Crippen LogP contribution in [0.3, 0.4) is 0 Å². The Morgan fingerprint density at radius 1 is 1.00 bits per heavy atom. The minimum atomic E-state index is 0.0287. The number of hydrogen-bond donors (Lipinski definition) is 0. The van der Waals surface area contributed by atoms with Crippen molar-refractivity contribution in [2.75, 3.05) is 0 Å². The van der Waals surface area contributed by atoms with E-state index in [-0.39, 0.29) is 5.78 Å². The van der Waals surface area contributed by atoms with Crippen LogP contribution in [0.2, 0.25) is 0 Å². The van der Waals surface area contributed by atoms with E-state index in [4.69, 9.17) is 0 Å². The highest BCUT2D eigenvalue weighted by Gasteiger charge is 2.07. The van der Waals surface area contributed by atoms with Gasteiger partial charge in [-0.05, 0) is 6.42 Å². The largest absolute Gasteiger partial charge is 0.291 e. The van der Waals surface area contributed by atoms with Crippen LogP contribution in [-0.2, 0) is 0 Å². The van der Waals surface area contributed by atoms with Gasteiger partial charge in [0, 0.05) is 6.42 Å². The van der Waals surface area contributed by atoms with Gasteiger partial charge in [0.25, 0.3) is 0 Å². The van der Waals surface area contributed by atoms with Crippen molar-refractivity contribution < 1.29 is 4.79 Å². The minimum Gasteiger partial charge on any atom is -0.291 e. The van der Waals surface area contributed by atoms with E-state index >= 15 is 0 Å². The maximum Gasteiger partial charge on any atom is 0.200 e. The fourth-order valence-electron chi connectivity index (χ4n) is 1.74. The van der Waals surface area contributed by atoms with Gasteiger partial charge in [-0.3, -0.25) is 4.79 Å². The second-order valence-corrected chi connectivity index (χ2v) is 4.26. The molecule has 94 valence electrons. The van der Waals surface area contributed by atoms with Crippen LogP contribution in [0.4, 0.5) is 0 Å². The molecule has 1 heterocycles. The van der Waals surface area contributed by atoms with Gasteiger partial charge in [0.05, 0.1) is 0 Å². The standard InChI is InChI=1S/C13H21N3O/c1-2-3-4-5-6-7-8-9-12(17)13-15-10-14-11-16-13/h10-11H,2-9H2,1H3. The highest BCUT2D eigenvalue weighted by atomic mass is 16.1. The summed E-state index contributed by atoms with van der Waals surface area (Å²) in [5, 5.41) is 0. The SMILES string of the molecule is CCCCCCCCCC(=O)c1ncncn1. The second kappa shape index (κ2) is 8.79. The number of ketones is 1. The molecule has 0 spiro atoms. The molecule has 1 aromatic heterocycles. The number of hydrogen-bond acceptors (Lipinski definition) is 4. The fraction of sp³-hybridized carbons (Fsp3) is 0.692. The van der Waals surface area contributed by atoms with Crippen molar-refractivity contribution in [2.45, 2.75) is 58.3 Å². The Kier molecular flexibility index (Phi) is 7.11. The number of aromatic nitrogens is 3. The summed E-state index contributed by atoms with van der Waals surface area (Å²) in [5.74, 6) is 0.326.